The summed E-state index contributed by atoms with van der Waals surface area (Å²) < 4.78 is 5.10. The van der Waals surface area contributed by atoms with Crippen LogP contribution in [0.5, 0.6) is 5.75 Å². The summed E-state index contributed by atoms with van der Waals surface area (Å²) in [6, 6.07) is 4.38. The third-order valence-electron chi connectivity index (χ3n) is 2.66. The number of hydrogen-bond donors (Lipinski definition) is 2. The molecule has 1 aromatic rings. The van der Waals surface area contributed by atoms with Gasteiger partial charge in [0.15, 0.2) is 5.78 Å². The Kier molecular flexibility index (Phi) is 4.85. The van der Waals surface area contributed by atoms with Crippen LogP contribution < -0.4 is 10.1 Å². The first-order chi connectivity index (χ1) is 8.45. The number of ether oxygens (including phenoxy) is 1. The van der Waals surface area contributed by atoms with Crippen LogP contribution in [0.25, 0.3) is 0 Å². The van der Waals surface area contributed by atoms with E-state index in [1.54, 1.807) is 25.3 Å². The van der Waals surface area contributed by atoms with Crippen LogP contribution in [0.2, 0.25) is 0 Å². The highest BCUT2D eigenvalue weighted by atomic mass is 16.5. The molecule has 98 valence electrons. The van der Waals surface area contributed by atoms with Crippen molar-refractivity contribution in [2.75, 3.05) is 13.7 Å². The Morgan fingerprint density at radius 1 is 1.44 bits per heavy atom. The Morgan fingerprint density at radius 3 is 2.61 bits per heavy atom. The van der Waals surface area contributed by atoms with Crippen molar-refractivity contribution in [2.45, 2.75) is 19.9 Å². The highest BCUT2D eigenvalue weighted by Crippen LogP contribution is 2.18. The van der Waals surface area contributed by atoms with E-state index >= 15 is 0 Å². The van der Waals surface area contributed by atoms with Gasteiger partial charge in [-0.2, -0.15) is 0 Å². The zero-order valence-electron chi connectivity index (χ0n) is 10.7. The van der Waals surface area contributed by atoms with Crippen LogP contribution in [-0.2, 0) is 4.79 Å². The lowest BCUT2D eigenvalue weighted by Crippen LogP contribution is -2.37. The molecule has 1 aromatic carbocycles. The summed E-state index contributed by atoms with van der Waals surface area (Å²) in [6.45, 7) is 3.34. The predicted octanol–water partition coefficient (Wildman–Crippen LogP) is 1.25. The largest absolute Gasteiger partial charge is 0.496 e. The number of hydrogen-bond acceptors (Lipinski definition) is 4. The smallest absolute Gasteiger partial charge is 0.320 e. The Balaban J connectivity index is 2.67. The fraction of sp³-hybridized carbons (Fsp3) is 0.385. The number of rotatable bonds is 6. The quantitative estimate of drug-likeness (QED) is 0.744. The molecule has 0 heterocycles. The minimum Gasteiger partial charge on any atom is -0.496 e. The van der Waals surface area contributed by atoms with Gasteiger partial charge in [-0.15, -0.1) is 0 Å². The van der Waals surface area contributed by atoms with E-state index in [4.69, 9.17) is 9.84 Å². The SMILES string of the molecule is COc1ccc(C(=O)CNC(C)C(=O)O)cc1C. The number of carbonyl (C=O) groups excluding carboxylic acids is 1. The molecule has 2 N–H and O–H groups in total. The molecule has 0 saturated heterocycles. The lowest BCUT2D eigenvalue weighted by Gasteiger charge is -2.09. The summed E-state index contributed by atoms with van der Waals surface area (Å²) in [5, 5.41) is 11.3. The average Bonchev–Trinajstić information content (AvgIpc) is 2.35. The molecule has 0 radical (unpaired) electrons. The van der Waals surface area contributed by atoms with E-state index in [1.165, 1.54) is 6.92 Å². The van der Waals surface area contributed by atoms with Crippen LogP contribution in [0.3, 0.4) is 0 Å². The second kappa shape index (κ2) is 6.16. The zero-order chi connectivity index (χ0) is 13.7. The topological polar surface area (TPSA) is 75.6 Å². The number of carboxylic acids is 1. The third-order valence-corrected chi connectivity index (χ3v) is 2.66. The number of aryl methyl sites for hydroxylation is 1. The van der Waals surface area contributed by atoms with E-state index < -0.39 is 12.0 Å². The summed E-state index contributed by atoms with van der Waals surface area (Å²) in [4.78, 5) is 22.4. The lowest BCUT2D eigenvalue weighted by molar-refractivity contribution is -0.138. The predicted molar refractivity (Wildman–Crippen MR) is 67.2 cm³/mol. The normalized spacial score (nSPS) is 11.9. The molecule has 1 atom stereocenters. The lowest BCUT2D eigenvalue weighted by atomic mass is 10.1. The molecular formula is C13H17NO4. The molecule has 0 aliphatic carbocycles. The molecule has 0 aliphatic heterocycles. The number of carbonyl (C=O) groups is 2. The first-order valence-electron chi connectivity index (χ1n) is 5.59. The third kappa shape index (κ3) is 3.56. The number of methoxy groups -OCH3 is 1. The number of aliphatic carboxylic acids is 1. The van der Waals surface area contributed by atoms with Crippen molar-refractivity contribution in [3.05, 3.63) is 29.3 Å². The first kappa shape index (κ1) is 14.2. The average molecular weight is 251 g/mol. The maximum absolute atomic E-state index is 11.8. The molecule has 0 amide bonds. The van der Waals surface area contributed by atoms with Crippen LogP contribution in [0.4, 0.5) is 0 Å². The molecular weight excluding hydrogens is 234 g/mol. The second-order valence-electron chi connectivity index (χ2n) is 4.05. The van der Waals surface area contributed by atoms with Crippen LogP contribution in [-0.4, -0.2) is 36.6 Å². The van der Waals surface area contributed by atoms with Gasteiger partial charge in [0.1, 0.15) is 11.8 Å². The summed E-state index contributed by atoms with van der Waals surface area (Å²) >= 11 is 0. The molecule has 5 nitrogen and oxygen atoms in total. The van der Waals surface area contributed by atoms with Crippen molar-refractivity contribution < 1.29 is 19.4 Å². The minimum atomic E-state index is -0.978. The Morgan fingerprint density at radius 2 is 2.11 bits per heavy atom. The zero-order valence-corrected chi connectivity index (χ0v) is 10.7. The van der Waals surface area contributed by atoms with Gasteiger partial charge in [0.2, 0.25) is 0 Å². The molecule has 1 unspecified atom stereocenters. The first-order valence-corrected chi connectivity index (χ1v) is 5.59. The van der Waals surface area contributed by atoms with E-state index in [9.17, 15) is 9.59 Å². The monoisotopic (exact) mass is 251 g/mol. The van der Waals surface area contributed by atoms with E-state index in [2.05, 4.69) is 5.32 Å². The van der Waals surface area contributed by atoms with Gasteiger partial charge in [-0.25, -0.2) is 0 Å². The van der Waals surface area contributed by atoms with Gasteiger partial charge in [-0.05, 0) is 37.6 Å². The van der Waals surface area contributed by atoms with Crippen molar-refractivity contribution in [2.24, 2.45) is 0 Å². The van der Waals surface area contributed by atoms with E-state index in [0.29, 0.717) is 5.56 Å². The van der Waals surface area contributed by atoms with E-state index in [0.717, 1.165) is 11.3 Å². The molecule has 18 heavy (non-hydrogen) atoms. The number of Topliss-reactive ketones (excluding diaryl/α,β-unsaturated/α-hetero) is 1. The van der Waals surface area contributed by atoms with Crippen LogP contribution >= 0.6 is 0 Å². The molecule has 0 saturated carbocycles. The summed E-state index contributed by atoms with van der Waals surface area (Å²) in [5.41, 5.74) is 1.41. The standard InChI is InChI=1S/C13H17NO4/c1-8-6-10(4-5-12(8)18-3)11(15)7-14-9(2)13(16)17/h4-6,9,14H,7H2,1-3H3,(H,16,17). The maximum Gasteiger partial charge on any atom is 0.320 e. The number of nitrogens with one attached hydrogen (secondary N) is 1. The Bertz CT molecular complexity index is 456. The molecule has 0 bridgehead atoms. The highest BCUT2D eigenvalue weighted by Gasteiger charge is 2.13. The highest BCUT2D eigenvalue weighted by molar-refractivity contribution is 5.98. The number of carboxylic acid groups (broad SMARTS) is 1. The maximum atomic E-state index is 11.8. The van der Waals surface area contributed by atoms with E-state index in [-0.39, 0.29) is 12.3 Å². The van der Waals surface area contributed by atoms with Gasteiger partial charge in [0, 0.05) is 5.56 Å². The molecule has 0 fully saturated rings. The Hall–Kier alpha value is -1.88. The summed E-state index contributed by atoms with van der Waals surface area (Å²) in [6.07, 6.45) is 0. The second-order valence-corrected chi connectivity index (χ2v) is 4.05. The summed E-state index contributed by atoms with van der Waals surface area (Å²) in [5.74, 6) is -0.402. The van der Waals surface area contributed by atoms with Crippen molar-refractivity contribution >= 4 is 11.8 Å². The molecule has 0 spiro atoms. The van der Waals surface area contributed by atoms with Crippen LogP contribution in [0.15, 0.2) is 18.2 Å². The van der Waals surface area contributed by atoms with Crippen LogP contribution in [0, 0.1) is 6.92 Å². The van der Waals surface area contributed by atoms with Gasteiger partial charge in [-0.3, -0.25) is 14.9 Å². The van der Waals surface area contributed by atoms with Crippen molar-refractivity contribution in [3.8, 4) is 5.75 Å². The van der Waals surface area contributed by atoms with Gasteiger partial charge in [0.05, 0.1) is 13.7 Å². The number of benzene rings is 1. The van der Waals surface area contributed by atoms with Gasteiger partial charge >= 0.3 is 5.97 Å². The molecule has 1 rings (SSSR count). The van der Waals surface area contributed by atoms with Crippen LogP contribution in [0.1, 0.15) is 22.8 Å². The number of ketones is 1. The van der Waals surface area contributed by atoms with Crippen molar-refractivity contribution in [1.82, 2.24) is 5.32 Å². The van der Waals surface area contributed by atoms with Gasteiger partial charge in [0.25, 0.3) is 0 Å². The van der Waals surface area contributed by atoms with E-state index in [1.807, 2.05) is 6.92 Å². The van der Waals surface area contributed by atoms with Gasteiger partial charge in [-0.1, -0.05) is 0 Å². The van der Waals surface area contributed by atoms with Crippen molar-refractivity contribution in [3.63, 3.8) is 0 Å². The van der Waals surface area contributed by atoms with Crippen molar-refractivity contribution in [1.29, 1.82) is 0 Å². The fourth-order valence-electron chi connectivity index (χ4n) is 1.49. The summed E-state index contributed by atoms with van der Waals surface area (Å²) in [7, 11) is 1.57. The molecule has 5 heteroatoms. The molecule has 0 aliphatic rings. The van der Waals surface area contributed by atoms with Gasteiger partial charge < -0.3 is 9.84 Å². The Labute approximate surface area is 106 Å². The fourth-order valence-corrected chi connectivity index (χ4v) is 1.49. The minimum absolute atomic E-state index is 0.000758. The molecule has 0 aromatic heterocycles.